The molecule has 3 N–H and O–H groups in total. The topological polar surface area (TPSA) is 52.5 Å². The van der Waals surface area contributed by atoms with Crippen LogP contribution in [-0.4, -0.2) is 22.4 Å². The Morgan fingerprint density at radius 2 is 2.06 bits per heavy atom. The largest absolute Gasteiger partial charge is 0.508 e. The highest BCUT2D eigenvalue weighted by molar-refractivity contribution is 6.30. The number of phenols is 1. The lowest BCUT2D eigenvalue weighted by atomic mass is 10.1. The summed E-state index contributed by atoms with van der Waals surface area (Å²) in [7, 11) is 0. The Kier molecular flexibility index (Phi) is 4.19. The fourth-order valence-electron chi connectivity index (χ4n) is 1.39. The predicted molar refractivity (Wildman–Crippen MR) is 65.8 cm³/mol. The normalized spacial score (nSPS) is 13.8. The second kappa shape index (κ2) is 5.04. The summed E-state index contributed by atoms with van der Waals surface area (Å²) < 4.78 is 0. The van der Waals surface area contributed by atoms with Crippen molar-refractivity contribution in [3.63, 3.8) is 0 Å². The number of halogens is 1. The van der Waals surface area contributed by atoms with Gasteiger partial charge in [0.1, 0.15) is 5.75 Å². The van der Waals surface area contributed by atoms with E-state index in [4.69, 9.17) is 11.6 Å². The van der Waals surface area contributed by atoms with E-state index < -0.39 is 5.60 Å². The van der Waals surface area contributed by atoms with E-state index in [-0.39, 0.29) is 11.8 Å². The summed E-state index contributed by atoms with van der Waals surface area (Å²) in [6.45, 7) is 5.81. The van der Waals surface area contributed by atoms with Crippen LogP contribution in [0.5, 0.6) is 5.75 Å². The number of benzene rings is 1. The van der Waals surface area contributed by atoms with Crippen LogP contribution < -0.4 is 5.32 Å². The standard InChI is InChI=1S/C12H18ClNO2/c1-8(14-7-12(2,3)16)10-6-9(13)4-5-11(10)15/h4-6,8,14-16H,7H2,1-3H3. The quantitative estimate of drug-likeness (QED) is 0.762. The third-order valence-corrected chi connectivity index (χ3v) is 2.53. The SMILES string of the molecule is CC(NCC(C)(C)O)c1cc(Cl)ccc1O. The van der Waals surface area contributed by atoms with Crippen molar-refractivity contribution >= 4 is 11.6 Å². The Morgan fingerprint density at radius 3 is 2.62 bits per heavy atom. The smallest absolute Gasteiger partial charge is 0.120 e. The number of aromatic hydroxyl groups is 1. The monoisotopic (exact) mass is 243 g/mol. The molecule has 0 aromatic heterocycles. The number of hydrogen-bond acceptors (Lipinski definition) is 3. The first-order chi connectivity index (χ1) is 7.29. The lowest BCUT2D eigenvalue weighted by Crippen LogP contribution is -2.36. The van der Waals surface area contributed by atoms with Crippen LogP contribution in [0.4, 0.5) is 0 Å². The fourth-order valence-corrected chi connectivity index (χ4v) is 1.57. The van der Waals surface area contributed by atoms with Gasteiger partial charge in [0, 0.05) is 23.2 Å². The minimum Gasteiger partial charge on any atom is -0.508 e. The Hall–Kier alpha value is -0.770. The Balaban J connectivity index is 2.73. The molecule has 0 saturated carbocycles. The number of rotatable bonds is 4. The third-order valence-electron chi connectivity index (χ3n) is 2.30. The number of hydrogen-bond donors (Lipinski definition) is 3. The summed E-state index contributed by atoms with van der Waals surface area (Å²) >= 11 is 5.86. The molecule has 0 aliphatic rings. The van der Waals surface area contributed by atoms with Crippen LogP contribution >= 0.6 is 11.6 Å². The van der Waals surface area contributed by atoms with E-state index in [0.29, 0.717) is 11.6 Å². The molecule has 1 unspecified atom stereocenters. The molecule has 90 valence electrons. The van der Waals surface area contributed by atoms with E-state index in [1.165, 1.54) is 0 Å². The molecule has 1 rings (SSSR count). The van der Waals surface area contributed by atoms with Gasteiger partial charge in [-0.1, -0.05) is 11.6 Å². The molecule has 1 atom stereocenters. The minimum absolute atomic E-state index is 0.0647. The fraction of sp³-hybridized carbons (Fsp3) is 0.500. The molecule has 0 fully saturated rings. The molecule has 0 aliphatic heterocycles. The van der Waals surface area contributed by atoms with Gasteiger partial charge in [-0.25, -0.2) is 0 Å². The molecule has 0 radical (unpaired) electrons. The van der Waals surface area contributed by atoms with Crippen molar-refractivity contribution in [3.8, 4) is 5.75 Å². The first kappa shape index (κ1) is 13.3. The summed E-state index contributed by atoms with van der Waals surface area (Å²) in [6.07, 6.45) is 0. The highest BCUT2D eigenvalue weighted by Gasteiger charge is 2.16. The molecule has 1 aromatic carbocycles. The highest BCUT2D eigenvalue weighted by atomic mass is 35.5. The van der Waals surface area contributed by atoms with E-state index >= 15 is 0 Å². The molecule has 0 bridgehead atoms. The average molecular weight is 244 g/mol. The molecule has 0 spiro atoms. The van der Waals surface area contributed by atoms with Gasteiger partial charge in [0.15, 0.2) is 0 Å². The van der Waals surface area contributed by atoms with E-state index in [2.05, 4.69) is 5.32 Å². The van der Waals surface area contributed by atoms with Crippen LogP contribution in [0.15, 0.2) is 18.2 Å². The number of nitrogens with one attached hydrogen (secondary N) is 1. The van der Waals surface area contributed by atoms with E-state index in [1.807, 2.05) is 6.92 Å². The summed E-state index contributed by atoms with van der Waals surface area (Å²) in [6, 6.07) is 4.87. The van der Waals surface area contributed by atoms with Crippen LogP contribution in [0.25, 0.3) is 0 Å². The van der Waals surface area contributed by atoms with Gasteiger partial charge in [-0.05, 0) is 39.0 Å². The van der Waals surface area contributed by atoms with Gasteiger partial charge in [-0.15, -0.1) is 0 Å². The number of phenolic OH excluding ortho intramolecular Hbond substituents is 1. The maximum atomic E-state index is 9.67. The van der Waals surface area contributed by atoms with Gasteiger partial charge >= 0.3 is 0 Å². The van der Waals surface area contributed by atoms with Crippen molar-refractivity contribution in [1.82, 2.24) is 5.32 Å². The van der Waals surface area contributed by atoms with Crippen molar-refractivity contribution in [1.29, 1.82) is 0 Å². The average Bonchev–Trinajstić information content (AvgIpc) is 2.17. The van der Waals surface area contributed by atoms with Crippen molar-refractivity contribution in [3.05, 3.63) is 28.8 Å². The van der Waals surface area contributed by atoms with Crippen molar-refractivity contribution in [2.75, 3.05) is 6.54 Å². The molecule has 3 nitrogen and oxygen atoms in total. The first-order valence-corrected chi connectivity index (χ1v) is 5.61. The number of aliphatic hydroxyl groups is 1. The highest BCUT2D eigenvalue weighted by Crippen LogP contribution is 2.27. The first-order valence-electron chi connectivity index (χ1n) is 5.24. The third kappa shape index (κ3) is 4.00. The Bertz CT molecular complexity index is 361. The second-order valence-corrected chi connectivity index (χ2v) is 5.05. The molecule has 4 heteroatoms. The predicted octanol–water partition coefficient (Wildman–Crippen LogP) is 2.47. The van der Waals surface area contributed by atoms with Gasteiger partial charge in [0.25, 0.3) is 0 Å². The molecule has 0 saturated heterocycles. The van der Waals surface area contributed by atoms with Crippen LogP contribution in [0.2, 0.25) is 5.02 Å². The van der Waals surface area contributed by atoms with Crippen molar-refractivity contribution in [2.45, 2.75) is 32.4 Å². The van der Waals surface area contributed by atoms with E-state index in [9.17, 15) is 10.2 Å². The van der Waals surface area contributed by atoms with E-state index in [1.54, 1.807) is 32.0 Å². The second-order valence-electron chi connectivity index (χ2n) is 4.62. The van der Waals surface area contributed by atoms with Gasteiger partial charge in [-0.3, -0.25) is 0 Å². The summed E-state index contributed by atoms with van der Waals surface area (Å²) in [4.78, 5) is 0. The van der Waals surface area contributed by atoms with E-state index in [0.717, 1.165) is 5.56 Å². The van der Waals surface area contributed by atoms with Crippen LogP contribution in [0.1, 0.15) is 32.4 Å². The van der Waals surface area contributed by atoms with Crippen LogP contribution in [0, 0.1) is 0 Å². The molecule has 0 amide bonds. The van der Waals surface area contributed by atoms with Gasteiger partial charge in [0.05, 0.1) is 5.60 Å². The summed E-state index contributed by atoms with van der Waals surface area (Å²) in [5.74, 6) is 0.208. The van der Waals surface area contributed by atoms with Crippen molar-refractivity contribution in [2.24, 2.45) is 0 Å². The van der Waals surface area contributed by atoms with Gasteiger partial charge < -0.3 is 15.5 Å². The lowest BCUT2D eigenvalue weighted by Gasteiger charge is -2.22. The van der Waals surface area contributed by atoms with Crippen molar-refractivity contribution < 1.29 is 10.2 Å². The Labute approximate surface area is 101 Å². The van der Waals surface area contributed by atoms with Gasteiger partial charge in [0.2, 0.25) is 0 Å². The van der Waals surface area contributed by atoms with Crippen LogP contribution in [0.3, 0.4) is 0 Å². The molecule has 0 aliphatic carbocycles. The zero-order valence-corrected chi connectivity index (χ0v) is 10.5. The molecule has 16 heavy (non-hydrogen) atoms. The molecule has 0 heterocycles. The zero-order valence-electron chi connectivity index (χ0n) is 9.79. The maximum absolute atomic E-state index is 9.67. The zero-order chi connectivity index (χ0) is 12.3. The maximum Gasteiger partial charge on any atom is 0.120 e. The lowest BCUT2D eigenvalue weighted by molar-refractivity contribution is 0.0769. The minimum atomic E-state index is -0.775. The van der Waals surface area contributed by atoms with Gasteiger partial charge in [-0.2, -0.15) is 0 Å². The summed E-state index contributed by atoms with van der Waals surface area (Å²) in [5.41, 5.74) is -0.0422. The van der Waals surface area contributed by atoms with Crippen LogP contribution in [-0.2, 0) is 0 Å². The Morgan fingerprint density at radius 1 is 1.44 bits per heavy atom. The molecule has 1 aromatic rings. The summed E-state index contributed by atoms with van der Waals surface area (Å²) in [5, 5.41) is 23.0. The molecular weight excluding hydrogens is 226 g/mol. The molecular formula is C12H18ClNO2.